The highest BCUT2D eigenvalue weighted by Crippen LogP contribution is 2.17. The average Bonchev–Trinajstić information content (AvgIpc) is 2.49. The summed E-state index contributed by atoms with van der Waals surface area (Å²) in [4.78, 5) is 0. The van der Waals surface area contributed by atoms with E-state index in [0.29, 0.717) is 0 Å². The molecule has 0 saturated heterocycles. The van der Waals surface area contributed by atoms with Crippen LogP contribution in [0.15, 0.2) is 60.7 Å². The molecule has 100 valence electrons. The third kappa shape index (κ3) is 9.11. The van der Waals surface area contributed by atoms with Gasteiger partial charge in [-0.15, -0.1) is 0 Å². The first-order valence-corrected chi connectivity index (χ1v) is 6.38. The number of hydrogen-bond acceptors (Lipinski definition) is 5. The van der Waals surface area contributed by atoms with Crippen molar-refractivity contribution in [3.63, 3.8) is 0 Å². The zero-order chi connectivity index (χ0) is 15.2. The lowest BCUT2D eigenvalue weighted by Gasteiger charge is -1.98. The van der Waals surface area contributed by atoms with E-state index in [4.69, 9.17) is 23.7 Å². The molecule has 2 aromatic rings. The Morgan fingerprint density at radius 2 is 1.00 bits per heavy atom. The molecule has 0 aliphatic heterocycles. The third-order valence-corrected chi connectivity index (χ3v) is 1.93. The molecule has 0 spiro atoms. The van der Waals surface area contributed by atoms with Gasteiger partial charge in [0, 0.05) is 0 Å². The molecule has 0 aliphatic rings. The van der Waals surface area contributed by atoms with Crippen molar-refractivity contribution in [2.24, 2.45) is 0 Å². The molecule has 0 radical (unpaired) electrons. The van der Waals surface area contributed by atoms with Crippen LogP contribution in [-0.4, -0.2) is 8.42 Å². The highest BCUT2D eigenvalue weighted by molar-refractivity contribution is 7.60. The first-order chi connectivity index (χ1) is 9.61. The Hall–Kier alpha value is -2.96. The summed E-state index contributed by atoms with van der Waals surface area (Å²) < 4.78 is 22.8. The normalized spacial score (nSPS) is 7.50. The number of rotatable bonds is 1. The molecule has 0 heterocycles. The van der Waals surface area contributed by atoms with Gasteiger partial charge in [-0.25, -0.2) is 0 Å². The quantitative estimate of drug-likeness (QED) is 0.869. The molecular formula is C14H11N3O2S. The molecular weight excluding hydrogens is 274 g/mol. The Kier molecular flexibility index (Phi) is 9.50. The Labute approximate surface area is 118 Å². The fourth-order valence-corrected chi connectivity index (χ4v) is 1.26. The van der Waals surface area contributed by atoms with Gasteiger partial charge < -0.3 is 0 Å². The van der Waals surface area contributed by atoms with E-state index in [-0.39, 0.29) is 0 Å². The maximum atomic E-state index is 8.67. The molecule has 5 nitrogen and oxygen atoms in total. The van der Waals surface area contributed by atoms with Gasteiger partial charge in [0.05, 0.1) is 0 Å². The van der Waals surface area contributed by atoms with E-state index in [1.165, 1.54) is 23.3 Å². The first kappa shape index (κ1) is 17.0. The monoisotopic (exact) mass is 285 g/mol. The van der Waals surface area contributed by atoms with Crippen LogP contribution in [0.1, 0.15) is 0 Å². The van der Waals surface area contributed by atoms with Crippen molar-refractivity contribution < 1.29 is 8.42 Å². The summed E-state index contributed by atoms with van der Waals surface area (Å²) in [6.45, 7) is 0. The van der Waals surface area contributed by atoms with E-state index in [1.807, 2.05) is 12.1 Å². The Balaban J connectivity index is 0.000000380. The minimum atomic E-state index is -2.61. The molecule has 6 heteroatoms. The molecule has 20 heavy (non-hydrogen) atoms. The largest absolute Gasteiger partial charge is 0.308 e. The van der Waals surface area contributed by atoms with Crippen LogP contribution in [0, 0.1) is 27.4 Å². The highest BCUT2D eigenvalue weighted by atomic mass is 32.2. The summed E-state index contributed by atoms with van der Waals surface area (Å²) in [6.07, 6.45) is 0. The summed E-state index contributed by atoms with van der Waals surface area (Å²) in [5, 5.41) is 14.5. The van der Waals surface area contributed by atoms with Crippen LogP contribution in [0.25, 0.3) is 11.1 Å². The van der Waals surface area contributed by atoms with Crippen LogP contribution in [0.2, 0.25) is 0 Å². The lowest BCUT2D eigenvalue weighted by atomic mass is 10.1. The number of nitrogens with one attached hydrogen (secondary N) is 1. The van der Waals surface area contributed by atoms with Crippen molar-refractivity contribution in [1.29, 1.82) is 15.3 Å². The number of nitriles is 2. The van der Waals surface area contributed by atoms with Gasteiger partial charge in [0.1, 0.15) is 0 Å². The molecule has 0 saturated carbocycles. The Morgan fingerprint density at radius 3 is 1.20 bits per heavy atom. The van der Waals surface area contributed by atoms with E-state index in [9.17, 15) is 0 Å². The predicted molar refractivity (Wildman–Crippen MR) is 74.7 cm³/mol. The van der Waals surface area contributed by atoms with Gasteiger partial charge in [-0.2, -0.15) is 23.7 Å². The minimum absolute atomic E-state index is 1.24. The van der Waals surface area contributed by atoms with Gasteiger partial charge in [0.15, 0.2) is 12.1 Å². The number of hydrogen-bond donors (Lipinski definition) is 1. The Bertz CT molecular complexity index is 628. The lowest BCUT2D eigenvalue weighted by Crippen LogP contribution is -1.73. The first-order valence-electron chi connectivity index (χ1n) is 5.31. The van der Waals surface area contributed by atoms with Gasteiger partial charge in [-0.1, -0.05) is 60.7 Å². The SMILES string of the molecule is N#CC#N.N=S(=O)=O.c1ccc(-c2ccccc2)cc1. The van der Waals surface area contributed by atoms with Gasteiger partial charge in [-0.3, -0.25) is 0 Å². The molecule has 0 aromatic heterocycles. The number of nitrogens with zero attached hydrogens (tertiary/aromatic N) is 2. The molecule has 0 fully saturated rings. The van der Waals surface area contributed by atoms with Crippen LogP contribution in [0.5, 0.6) is 0 Å². The Morgan fingerprint density at radius 1 is 0.750 bits per heavy atom. The zero-order valence-electron chi connectivity index (χ0n) is 10.4. The summed E-state index contributed by atoms with van der Waals surface area (Å²) >= 11 is 0. The topological polar surface area (TPSA) is 106 Å². The zero-order valence-corrected chi connectivity index (χ0v) is 11.2. The molecule has 2 aromatic carbocycles. The molecule has 0 atom stereocenters. The second-order valence-electron chi connectivity index (χ2n) is 3.19. The maximum Gasteiger partial charge on any atom is 0.308 e. The van der Waals surface area contributed by atoms with Crippen LogP contribution in [0.3, 0.4) is 0 Å². The highest BCUT2D eigenvalue weighted by Gasteiger charge is 1.91. The van der Waals surface area contributed by atoms with Crippen molar-refractivity contribution in [2.75, 3.05) is 0 Å². The molecule has 0 bridgehead atoms. The third-order valence-electron chi connectivity index (χ3n) is 1.93. The summed E-state index contributed by atoms with van der Waals surface area (Å²) in [6, 6.07) is 23.3. The van der Waals surface area contributed by atoms with Crippen molar-refractivity contribution in [2.45, 2.75) is 0 Å². The molecule has 0 unspecified atom stereocenters. The second kappa shape index (κ2) is 11.1. The van der Waals surface area contributed by atoms with Gasteiger partial charge in [-0.05, 0) is 11.1 Å². The molecule has 0 amide bonds. The van der Waals surface area contributed by atoms with Gasteiger partial charge >= 0.3 is 10.5 Å². The van der Waals surface area contributed by atoms with Crippen molar-refractivity contribution in [1.82, 2.24) is 0 Å². The fourth-order valence-electron chi connectivity index (χ4n) is 1.26. The van der Waals surface area contributed by atoms with Crippen LogP contribution >= 0.6 is 0 Å². The summed E-state index contributed by atoms with van der Waals surface area (Å²) in [5.74, 6) is 0. The average molecular weight is 285 g/mol. The van der Waals surface area contributed by atoms with Crippen molar-refractivity contribution in [3.8, 4) is 23.3 Å². The second-order valence-corrected chi connectivity index (χ2v) is 3.66. The van der Waals surface area contributed by atoms with E-state index in [1.54, 1.807) is 0 Å². The molecule has 1 N–H and O–H groups in total. The smallest absolute Gasteiger partial charge is 0.188 e. The minimum Gasteiger partial charge on any atom is -0.188 e. The predicted octanol–water partition coefficient (Wildman–Crippen LogP) is 3.02. The standard InChI is InChI=1S/C12H10.C2N2.HNO2S/c1-3-7-11(8-4-1)12-9-5-2-6-10-12;3-1-2-4;1-4(2)3/h1-10H;;1H. The van der Waals surface area contributed by atoms with E-state index in [2.05, 4.69) is 48.5 Å². The van der Waals surface area contributed by atoms with Crippen molar-refractivity contribution in [3.05, 3.63) is 60.7 Å². The van der Waals surface area contributed by atoms with Crippen LogP contribution in [-0.2, 0) is 10.5 Å². The van der Waals surface area contributed by atoms with E-state index >= 15 is 0 Å². The van der Waals surface area contributed by atoms with E-state index < -0.39 is 10.5 Å². The fraction of sp³-hybridized carbons (Fsp3) is 0. The van der Waals surface area contributed by atoms with E-state index in [0.717, 1.165) is 0 Å². The molecule has 0 aliphatic carbocycles. The van der Waals surface area contributed by atoms with Crippen LogP contribution in [0.4, 0.5) is 0 Å². The lowest BCUT2D eigenvalue weighted by molar-refractivity contribution is 0.620. The summed E-state index contributed by atoms with van der Waals surface area (Å²) in [7, 11) is -2.61. The number of benzene rings is 2. The van der Waals surface area contributed by atoms with Gasteiger partial charge in [0.25, 0.3) is 0 Å². The van der Waals surface area contributed by atoms with Gasteiger partial charge in [0.2, 0.25) is 0 Å². The molecule has 2 rings (SSSR count). The van der Waals surface area contributed by atoms with Crippen molar-refractivity contribution >= 4 is 10.5 Å². The summed E-state index contributed by atoms with van der Waals surface area (Å²) in [5.41, 5.74) is 2.55. The maximum absolute atomic E-state index is 8.67. The van der Waals surface area contributed by atoms with Crippen LogP contribution < -0.4 is 0 Å².